The normalized spacial score (nSPS) is 17.1. The Balaban J connectivity index is 1.79. The Bertz CT molecular complexity index is 473. The Kier molecular flexibility index (Phi) is 5.23. The molecule has 20 heavy (non-hydrogen) atoms. The predicted molar refractivity (Wildman–Crippen MR) is 80.1 cm³/mol. The molecule has 1 heterocycles. The summed E-state index contributed by atoms with van der Waals surface area (Å²) in [5.41, 5.74) is 6.38. The summed E-state index contributed by atoms with van der Waals surface area (Å²) in [6.07, 6.45) is 0. The van der Waals surface area contributed by atoms with Crippen molar-refractivity contribution in [1.29, 1.82) is 0 Å². The van der Waals surface area contributed by atoms with Crippen LogP contribution in [0, 0.1) is 0 Å². The fourth-order valence-electron chi connectivity index (χ4n) is 2.12. The molecule has 0 bridgehead atoms. The van der Waals surface area contributed by atoms with Gasteiger partial charge >= 0.3 is 5.97 Å². The van der Waals surface area contributed by atoms with Gasteiger partial charge in [0.25, 0.3) is 0 Å². The molecule has 0 aliphatic carbocycles. The molecule has 0 atom stereocenters. The summed E-state index contributed by atoms with van der Waals surface area (Å²) in [6, 6.07) is 4.97. The van der Waals surface area contributed by atoms with Crippen LogP contribution in [0.25, 0.3) is 0 Å². The molecule has 0 aromatic heterocycles. The van der Waals surface area contributed by atoms with Crippen LogP contribution in [-0.4, -0.2) is 62.1 Å². The summed E-state index contributed by atoms with van der Waals surface area (Å²) >= 11 is 5.99. The van der Waals surface area contributed by atoms with E-state index in [1.54, 1.807) is 18.2 Å². The van der Waals surface area contributed by atoms with Gasteiger partial charge in [0, 0.05) is 32.7 Å². The van der Waals surface area contributed by atoms with Gasteiger partial charge in [0.15, 0.2) is 0 Å². The Morgan fingerprint density at radius 2 is 2.05 bits per heavy atom. The van der Waals surface area contributed by atoms with E-state index in [0.717, 1.165) is 32.7 Å². The smallest absolute Gasteiger partial charge is 0.339 e. The van der Waals surface area contributed by atoms with Crippen LogP contribution < -0.4 is 5.73 Å². The van der Waals surface area contributed by atoms with E-state index < -0.39 is 5.97 Å². The number of hydrogen-bond acceptors (Lipinski definition) is 5. The lowest BCUT2D eigenvalue weighted by atomic mass is 10.2. The number of nitrogens with zero attached hydrogens (tertiary/aromatic N) is 2. The molecule has 1 aromatic carbocycles. The minimum absolute atomic E-state index is 0.261. The van der Waals surface area contributed by atoms with Crippen molar-refractivity contribution in [2.75, 3.05) is 52.1 Å². The third kappa shape index (κ3) is 3.85. The standard InChI is InChI=1S/C14H20ClN3O2/c1-17-5-7-18(8-6-17)9-10-20-14(19)11-3-2-4-12(16)13(11)15/h2-4H,5-10,16H2,1H3. The first-order valence-corrected chi connectivity index (χ1v) is 7.07. The van der Waals surface area contributed by atoms with Crippen molar-refractivity contribution in [3.05, 3.63) is 28.8 Å². The molecule has 0 unspecified atom stereocenters. The number of hydrogen-bond donors (Lipinski definition) is 1. The molecule has 1 aliphatic rings. The van der Waals surface area contributed by atoms with Gasteiger partial charge in [0.05, 0.1) is 16.3 Å². The minimum Gasteiger partial charge on any atom is -0.461 e. The fourth-order valence-corrected chi connectivity index (χ4v) is 2.33. The molecule has 6 heteroatoms. The Labute approximate surface area is 124 Å². The molecule has 1 saturated heterocycles. The number of halogens is 1. The van der Waals surface area contributed by atoms with Crippen molar-refractivity contribution in [1.82, 2.24) is 9.80 Å². The molecule has 2 N–H and O–H groups in total. The van der Waals surface area contributed by atoms with Crippen molar-refractivity contribution in [2.24, 2.45) is 0 Å². The van der Waals surface area contributed by atoms with Crippen LogP contribution in [0.4, 0.5) is 5.69 Å². The number of nitrogens with two attached hydrogens (primary N) is 1. The van der Waals surface area contributed by atoms with E-state index in [-0.39, 0.29) is 5.02 Å². The first kappa shape index (κ1) is 15.1. The molecule has 110 valence electrons. The SMILES string of the molecule is CN1CCN(CCOC(=O)c2cccc(N)c2Cl)CC1. The van der Waals surface area contributed by atoms with E-state index in [1.807, 2.05) is 0 Å². The summed E-state index contributed by atoms with van der Waals surface area (Å²) < 4.78 is 5.26. The Hall–Kier alpha value is -1.30. The van der Waals surface area contributed by atoms with Gasteiger partial charge in [0.2, 0.25) is 0 Å². The molecular weight excluding hydrogens is 278 g/mol. The highest BCUT2D eigenvalue weighted by molar-refractivity contribution is 6.36. The molecule has 1 aliphatic heterocycles. The lowest BCUT2D eigenvalue weighted by molar-refractivity contribution is 0.0432. The second kappa shape index (κ2) is 6.92. The number of ether oxygens (including phenoxy) is 1. The quantitative estimate of drug-likeness (QED) is 0.671. The molecule has 0 amide bonds. The topological polar surface area (TPSA) is 58.8 Å². The molecule has 1 aromatic rings. The molecular formula is C14H20ClN3O2. The van der Waals surface area contributed by atoms with E-state index in [4.69, 9.17) is 22.1 Å². The van der Waals surface area contributed by atoms with E-state index in [2.05, 4.69) is 16.8 Å². The fraction of sp³-hybridized carbons (Fsp3) is 0.500. The van der Waals surface area contributed by atoms with Crippen LogP contribution in [0.15, 0.2) is 18.2 Å². The number of esters is 1. The van der Waals surface area contributed by atoms with Crippen molar-refractivity contribution < 1.29 is 9.53 Å². The molecule has 0 saturated carbocycles. The summed E-state index contributed by atoms with van der Waals surface area (Å²) in [4.78, 5) is 16.5. The number of benzene rings is 1. The third-order valence-corrected chi connectivity index (χ3v) is 3.91. The van der Waals surface area contributed by atoms with Crippen LogP contribution in [0.3, 0.4) is 0 Å². The molecule has 0 spiro atoms. The highest BCUT2D eigenvalue weighted by atomic mass is 35.5. The molecule has 2 rings (SSSR count). The van der Waals surface area contributed by atoms with Crippen LogP contribution in [-0.2, 0) is 4.74 Å². The maximum atomic E-state index is 11.9. The van der Waals surface area contributed by atoms with Crippen LogP contribution >= 0.6 is 11.6 Å². The van der Waals surface area contributed by atoms with Crippen LogP contribution in [0.5, 0.6) is 0 Å². The second-order valence-corrected chi connectivity index (χ2v) is 5.37. The summed E-state index contributed by atoms with van der Waals surface area (Å²) in [5.74, 6) is -0.420. The van der Waals surface area contributed by atoms with Gasteiger partial charge in [-0.15, -0.1) is 0 Å². The van der Waals surface area contributed by atoms with Crippen molar-refractivity contribution in [3.63, 3.8) is 0 Å². The van der Waals surface area contributed by atoms with Gasteiger partial charge in [-0.25, -0.2) is 4.79 Å². The van der Waals surface area contributed by atoms with Crippen molar-refractivity contribution in [2.45, 2.75) is 0 Å². The van der Waals surface area contributed by atoms with E-state index in [9.17, 15) is 4.79 Å². The third-order valence-electron chi connectivity index (χ3n) is 3.49. The zero-order valence-corrected chi connectivity index (χ0v) is 12.4. The van der Waals surface area contributed by atoms with Gasteiger partial charge in [-0.3, -0.25) is 4.90 Å². The number of carbonyl (C=O) groups excluding carboxylic acids is 1. The highest BCUT2D eigenvalue weighted by Gasteiger charge is 2.16. The Morgan fingerprint density at radius 3 is 2.75 bits per heavy atom. The number of likely N-dealkylation sites (N-methyl/N-ethyl adjacent to an activating group) is 1. The van der Waals surface area contributed by atoms with E-state index in [0.29, 0.717) is 17.9 Å². The number of rotatable bonds is 4. The largest absolute Gasteiger partial charge is 0.461 e. The van der Waals surface area contributed by atoms with Gasteiger partial charge in [0.1, 0.15) is 6.61 Å². The Morgan fingerprint density at radius 1 is 1.35 bits per heavy atom. The number of carbonyl (C=O) groups is 1. The molecule has 0 radical (unpaired) electrons. The van der Waals surface area contributed by atoms with Crippen molar-refractivity contribution >= 4 is 23.3 Å². The van der Waals surface area contributed by atoms with Crippen molar-refractivity contribution in [3.8, 4) is 0 Å². The van der Waals surface area contributed by atoms with E-state index in [1.165, 1.54) is 0 Å². The zero-order valence-electron chi connectivity index (χ0n) is 11.6. The average Bonchev–Trinajstić information content (AvgIpc) is 2.44. The summed E-state index contributed by atoms with van der Waals surface area (Å²) in [6.45, 7) is 5.23. The summed E-state index contributed by atoms with van der Waals surface area (Å²) in [5, 5.41) is 0.261. The lowest BCUT2D eigenvalue weighted by Gasteiger charge is -2.32. The van der Waals surface area contributed by atoms with Gasteiger partial charge in [-0.05, 0) is 19.2 Å². The van der Waals surface area contributed by atoms with Crippen LogP contribution in [0.1, 0.15) is 10.4 Å². The zero-order chi connectivity index (χ0) is 14.5. The monoisotopic (exact) mass is 297 g/mol. The number of anilines is 1. The van der Waals surface area contributed by atoms with Gasteiger partial charge < -0.3 is 15.4 Å². The predicted octanol–water partition coefficient (Wildman–Crippen LogP) is 1.33. The number of piperazine rings is 1. The molecule has 1 fully saturated rings. The average molecular weight is 298 g/mol. The first-order chi connectivity index (χ1) is 9.58. The molecule has 5 nitrogen and oxygen atoms in total. The van der Waals surface area contributed by atoms with Gasteiger partial charge in [-0.1, -0.05) is 17.7 Å². The lowest BCUT2D eigenvalue weighted by Crippen LogP contribution is -2.45. The minimum atomic E-state index is -0.420. The van der Waals surface area contributed by atoms with Gasteiger partial charge in [-0.2, -0.15) is 0 Å². The first-order valence-electron chi connectivity index (χ1n) is 6.70. The van der Waals surface area contributed by atoms with Crippen LogP contribution in [0.2, 0.25) is 5.02 Å². The van der Waals surface area contributed by atoms with E-state index >= 15 is 0 Å². The maximum absolute atomic E-state index is 11.9. The number of nitrogen functional groups attached to an aromatic ring is 1. The summed E-state index contributed by atoms with van der Waals surface area (Å²) in [7, 11) is 2.11. The second-order valence-electron chi connectivity index (χ2n) is 4.99. The highest BCUT2D eigenvalue weighted by Crippen LogP contribution is 2.23. The maximum Gasteiger partial charge on any atom is 0.339 e.